The van der Waals surface area contributed by atoms with Gasteiger partial charge in [-0.15, -0.1) is 11.3 Å². The normalized spacial score (nSPS) is 20.2. The second-order valence-corrected chi connectivity index (χ2v) is 5.72. The van der Waals surface area contributed by atoms with Crippen molar-refractivity contribution in [2.75, 3.05) is 6.54 Å². The highest BCUT2D eigenvalue weighted by molar-refractivity contribution is 7.11. The van der Waals surface area contributed by atoms with Crippen LogP contribution in [-0.4, -0.2) is 28.2 Å². The van der Waals surface area contributed by atoms with Crippen LogP contribution in [-0.2, 0) is 11.3 Å². The molecule has 3 N–H and O–H groups in total. The summed E-state index contributed by atoms with van der Waals surface area (Å²) in [5.41, 5.74) is 2.79. The van der Waals surface area contributed by atoms with Crippen LogP contribution in [0.25, 0.3) is 0 Å². The first kappa shape index (κ1) is 14.0. The quantitative estimate of drug-likeness (QED) is 0.489. The van der Waals surface area contributed by atoms with Crippen LogP contribution in [0, 0.1) is 5.92 Å². The lowest BCUT2D eigenvalue weighted by Crippen LogP contribution is -2.31. The van der Waals surface area contributed by atoms with E-state index in [9.17, 15) is 9.59 Å². The first-order valence-corrected chi connectivity index (χ1v) is 7.21. The highest BCUT2D eigenvalue weighted by atomic mass is 32.1. The third-order valence-corrected chi connectivity index (χ3v) is 4.22. The fourth-order valence-electron chi connectivity index (χ4n) is 2.08. The maximum Gasteiger partial charge on any atom is 0.294 e. The Balaban J connectivity index is 2.01. The van der Waals surface area contributed by atoms with E-state index in [0.717, 1.165) is 25.1 Å². The Morgan fingerprint density at radius 3 is 3.16 bits per heavy atom. The molecule has 1 aromatic heterocycles. The number of hydrazine groups is 1. The molecule has 1 fully saturated rings. The molecule has 0 bridgehead atoms. The van der Waals surface area contributed by atoms with Crippen LogP contribution in [0.5, 0.6) is 0 Å². The first-order valence-electron chi connectivity index (χ1n) is 6.33. The molecule has 0 radical (unpaired) electrons. The number of nitrogens with two attached hydrogens (primary N) is 1. The highest BCUT2D eigenvalue weighted by Gasteiger charge is 2.21. The summed E-state index contributed by atoms with van der Waals surface area (Å²) in [6, 6.07) is 0. The zero-order valence-electron chi connectivity index (χ0n) is 10.9. The van der Waals surface area contributed by atoms with Crippen molar-refractivity contribution < 1.29 is 9.59 Å². The molecule has 1 aromatic rings. The fourth-order valence-corrected chi connectivity index (χ4v) is 2.79. The van der Waals surface area contributed by atoms with Crippen LogP contribution >= 0.6 is 11.3 Å². The lowest BCUT2D eigenvalue weighted by molar-refractivity contribution is -0.131. The van der Waals surface area contributed by atoms with Gasteiger partial charge in [-0.2, -0.15) is 0 Å². The van der Waals surface area contributed by atoms with Gasteiger partial charge in [-0.25, -0.2) is 10.8 Å². The number of amides is 2. The summed E-state index contributed by atoms with van der Waals surface area (Å²) in [6.45, 7) is 3.40. The van der Waals surface area contributed by atoms with Crippen LogP contribution in [0.15, 0.2) is 5.38 Å². The van der Waals surface area contributed by atoms with Crippen molar-refractivity contribution in [2.45, 2.75) is 32.7 Å². The van der Waals surface area contributed by atoms with E-state index >= 15 is 0 Å². The maximum atomic E-state index is 12.0. The molecule has 7 heteroatoms. The average molecular weight is 282 g/mol. The molecule has 1 saturated heterocycles. The minimum atomic E-state index is -0.396. The number of aromatic nitrogens is 1. The highest BCUT2D eigenvalue weighted by Crippen LogP contribution is 2.20. The van der Waals surface area contributed by atoms with Crippen molar-refractivity contribution in [1.82, 2.24) is 15.3 Å². The standard InChI is InChI=1S/C12H18N4O2S/c1-8-2-3-10(17)16(5-4-8)6-9-7-19-12(14-9)11(18)15-13/h7-8H,2-6,13H2,1H3,(H,15,18). The Morgan fingerprint density at radius 1 is 1.63 bits per heavy atom. The molecular weight excluding hydrogens is 264 g/mol. The zero-order chi connectivity index (χ0) is 13.8. The largest absolute Gasteiger partial charge is 0.337 e. The average Bonchev–Trinajstić information content (AvgIpc) is 2.82. The van der Waals surface area contributed by atoms with Gasteiger partial charge in [-0.3, -0.25) is 15.0 Å². The molecule has 0 aliphatic carbocycles. The molecule has 2 amide bonds. The Kier molecular flexibility index (Phi) is 4.49. The van der Waals surface area contributed by atoms with E-state index in [2.05, 4.69) is 17.3 Å². The Hall–Kier alpha value is -1.47. The van der Waals surface area contributed by atoms with Crippen molar-refractivity contribution in [3.05, 3.63) is 16.1 Å². The summed E-state index contributed by atoms with van der Waals surface area (Å²) in [5, 5.41) is 2.12. The van der Waals surface area contributed by atoms with Gasteiger partial charge in [-0.05, 0) is 18.8 Å². The van der Waals surface area contributed by atoms with Crippen LogP contribution in [0.4, 0.5) is 0 Å². The SMILES string of the molecule is CC1CCC(=O)N(Cc2csc(C(=O)NN)n2)CC1. The molecule has 19 heavy (non-hydrogen) atoms. The van der Waals surface area contributed by atoms with Crippen LogP contribution in [0.1, 0.15) is 41.7 Å². The molecule has 2 heterocycles. The Morgan fingerprint density at radius 2 is 2.42 bits per heavy atom. The number of hydrogen-bond acceptors (Lipinski definition) is 5. The number of hydrogen-bond donors (Lipinski definition) is 2. The fraction of sp³-hybridized carbons (Fsp3) is 0.583. The van der Waals surface area contributed by atoms with E-state index in [-0.39, 0.29) is 5.91 Å². The molecule has 6 nitrogen and oxygen atoms in total. The van der Waals surface area contributed by atoms with Crippen LogP contribution < -0.4 is 11.3 Å². The molecule has 0 spiro atoms. The van der Waals surface area contributed by atoms with Crippen molar-refractivity contribution in [1.29, 1.82) is 0 Å². The summed E-state index contributed by atoms with van der Waals surface area (Å²) < 4.78 is 0. The maximum absolute atomic E-state index is 12.0. The van der Waals surface area contributed by atoms with Gasteiger partial charge in [-0.1, -0.05) is 6.92 Å². The van der Waals surface area contributed by atoms with E-state index < -0.39 is 5.91 Å². The van der Waals surface area contributed by atoms with E-state index in [4.69, 9.17) is 5.84 Å². The number of thiazole rings is 1. The summed E-state index contributed by atoms with van der Waals surface area (Å²) in [7, 11) is 0. The van der Waals surface area contributed by atoms with Crippen molar-refractivity contribution >= 4 is 23.2 Å². The van der Waals surface area contributed by atoms with E-state index in [1.807, 2.05) is 4.90 Å². The van der Waals surface area contributed by atoms with Gasteiger partial charge in [0.1, 0.15) is 0 Å². The number of likely N-dealkylation sites (tertiary alicyclic amines) is 1. The molecule has 1 aliphatic rings. The molecule has 104 valence electrons. The van der Waals surface area contributed by atoms with Gasteiger partial charge in [0.05, 0.1) is 12.2 Å². The number of rotatable bonds is 3. The predicted molar refractivity (Wildman–Crippen MR) is 72.2 cm³/mol. The Bertz CT molecular complexity index is 474. The van der Waals surface area contributed by atoms with Gasteiger partial charge < -0.3 is 4.90 Å². The molecular formula is C12H18N4O2S. The smallest absolute Gasteiger partial charge is 0.294 e. The second-order valence-electron chi connectivity index (χ2n) is 4.87. The lowest BCUT2D eigenvalue weighted by atomic mass is 10.0. The zero-order valence-corrected chi connectivity index (χ0v) is 11.7. The summed E-state index contributed by atoms with van der Waals surface area (Å²) in [5.74, 6) is 5.42. The third kappa shape index (κ3) is 3.51. The van der Waals surface area contributed by atoms with Crippen molar-refractivity contribution in [3.8, 4) is 0 Å². The summed E-state index contributed by atoms with van der Waals surface area (Å²) in [6.07, 6.45) is 2.57. The monoisotopic (exact) mass is 282 g/mol. The van der Waals surface area contributed by atoms with E-state index in [0.29, 0.717) is 23.9 Å². The van der Waals surface area contributed by atoms with E-state index in [1.54, 1.807) is 5.38 Å². The third-order valence-electron chi connectivity index (χ3n) is 3.33. The van der Waals surface area contributed by atoms with Gasteiger partial charge in [0.15, 0.2) is 5.01 Å². The Labute approximate surface area is 116 Å². The molecule has 0 saturated carbocycles. The topological polar surface area (TPSA) is 88.3 Å². The number of carbonyl (C=O) groups is 2. The number of nitrogens with one attached hydrogen (secondary N) is 1. The second kappa shape index (κ2) is 6.12. The molecule has 1 unspecified atom stereocenters. The van der Waals surface area contributed by atoms with Crippen LogP contribution in [0.2, 0.25) is 0 Å². The predicted octanol–water partition coefficient (Wildman–Crippen LogP) is 0.895. The van der Waals surface area contributed by atoms with Gasteiger partial charge in [0.2, 0.25) is 5.91 Å². The molecule has 2 rings (SSSR count). The molecule has 0 aromatic carbocycles. The van der Waals surface area contributed by atoms with Crippen molar-refractivity contribution in [3.63, 3.8) is 0 Å². The minimum absolute atomic E-state index is 0.169. The van der Waals surface area contributed by atoms with Crippen molar-refractivity contribution in [2.24, 2.45) is 11.8 Å². The molecule has 1 atom stereocenters. The minimum Gasteiger partial charge on any atom is -0.337 e. The number of nitrogen functional groups attached to an aromatic ring is 1. The van der Waals surface area contributed by atoms with Gasteiger partial charge in [0.25, 0.3) is 5.91 Å². The first-order chi connectivity index (χ1) is 9.10. The lowest BCUT2D eigenvalue weighted by Gasteiger charge is -2.19. The number of carbonyl (C=O) groups excluding carboxylic acids is 2. The van der Waals surface area contributed by atoms with Crippen LogP contribution in [0.3, 0.4) is 0 Å². The van der Waals surface area contributed by atoms with Gasteiger partial charge >= 0.3 is 0 Å². The molecule has 1 aliphatic heterocycles. The van der Waals surface area contributed by atoms with E-state index in [1.165, 1.54) is 11.3 Å². The number of nitrogens with zero attached hydrogens (tertiary/aromatic N) is 2. The summed E-state index contributed by atoms with van der Waals surface area (Å²) in [4.78, 5) is 29.3. The summed E-state index contributed by atoms with van der Waals surface area (Å²) >= 11 is 1.24. The van der Waals surface area contributed by atoms with Gasteiger partial charge in [0, 0.05) is 18.3 Å².